The Kier molecular flexibility index (Phi) is 9.39. The number of nitrogens with two attached hydrogens (primary N) is 4. The molecule has 2 aromatic carbocycles. The fraction of sp³-hybridized carbons (Fsp3) is 0.333. The van der Waals surface area contributed by atoms with E-state index in [4.69, 9.17) is 27.7 Å². The van der Waals surface area contributed by atoms with Crippen molar-refractivity contribution in [2.24, 2.45) is 32.9 Å². The number of nitrogens with one attached hydrogen (secondary N) is 1. The van der Waals surface area contributed by atoms with E-state index in [1.165, 1.54) is 12.1 Å². The number of unbranched alkanes of at least 4 members (excludes halogenated alkanes) is 1. The minimum Gasteiger partial charge on any atom is -0.491 e. The normalized spacial score (nSPS) is 10.4. The molecule has 0 aromatic heterocycles. The first-order valence-corrected chi connectivity index (χ1v) is 9.79. The van der Waals surface area contributed by atoms with Crippen LogP contribution >= 0.6 is 0 Å². The van der Waals surface area contributed by atoms with Gasteiger partial charge < -0.3 is 33.0 Å². The van der Waals surface area contributed by atoms with Crippen molar-refractivity contribution in [2.75, 3.05) is 26.2 Å². The second-order valence-corrected chi connectivity index (χ2v) is 6.67. The van der Waals surface area contributed by atoms with Crippen molar-refractivity contribution < 1.29 is 9.13 Å². The van der Waals surface area contributed by atoms with Gasteiger partial charge >= 0.3 is 0 Å². The highest BCUT2D eigenvalue weighted by atomic mass is 19.1. The van der Waals surface area contributed by atoms with E-state index in [0.717, 1.165) is 41.8 Å². The van der Waals surface area contributed by atoms with E-state index in [0.29, 0.717) is 26.2 Å². The molecule has 0 spiro atoms. The molecule has 0 fully saturated rings. The zero-order chi connectivity index (χ0) is 21.8. The zero-order valence-electron chi connectivity index (χ0n) is 17.0. The van der Waals surface area contributed by atoms with Crippen molar-refractivity contribution in [1.82, 2.24) is 5.32 Å². The fourth-order valence-corrected chi connectivity index (χ4v) is 2.80. The van der Waals surface area contributed by atoms with Crippen LogP contribution in [-0.2, 0) is 6.54 Å². The van der Waals surface area contributed by atoms with E-state index in [-0.39, 0.29) is 17.7 Å². The average molecular weight is 416 g/mol. The number of nitrogens with zero attached hydrogens (tertiary/aromatic N) is 2. The van der Waals surface area contributed by atoms with Crippen LogP contribution in [0.15, 0.2) is 52.4 Å². The molecule has 0 aliphatic carbocycles. The molecule has 0 heterocycles. The van der Waals surface area contributed by atoms with Crippen LogP contribution in [0.4, 0.5) is 4.39 Å². The van der Waals surface area contributed by atoms with Gasteiger partial charge in [0.2, 0.25) is 0 Å². The molecular weight excluding hydrogens is 385 g/mol. The summed E-state index contributed by atoms with van der Waals surface area (Å²) in [6, 6.07) is 12.3. The lowest BCUT2D eigenvalue weighted by molar-refractivity contribution is 0.324. The first-order valence-electron chi connectivity index (χ1n) is 9.79. The van der Waals surface area contributed by atoms with E-state index < -0.39 is 0 Å². The Labute approximate surface area is 176 Å². The molecule has 2 aromatic rings. The van der Waals surface area contributed by atoms with Crippen molar-refractivity contribution in [3.8, 4) is 16.9 Å². The molecule has 0 saturated heterocycles. The molecule has 0 radical (unpaired) electrons. The van der Waals surface area contributed by atoms with E-state index in [2.05, 4.69) is 15.3 Å². The summed E-state index contributed by atoms with van der Waals surface area (Å²) in [6.07, 6.45) is 1.83. The number of rotatable bonds is 12. The summed E-state index contributed by atoms with van der Waals surface area (Å²) in [5.74, 6) is 0.636. The number of hydrogen-bond donors (Lipinski definition) is 5. The molecule has 0 bridgehead atoms. The molecule has 9 heteroatoms. The SMILES string of the molecule is NC(N)=NCCCCNCc1cc(-c2ccc(F)cc2)ccc1OCCN=C(N)N. The monoisotopic (exact) mass is 415 g/mol. The van der Waals surface area contributed by atoms with Crippen LogP contribution in [-0.4, -0.2) is 38.2 Å². The van der Waals surface area contributed by atoms with Crippen LogP contribution in [0.3, 0.4) is 0 Å². The summed E-state index contributed by atoms with van der Waals surface area (Å²) < 4.78 is 19.1. The Morgan fingerprint density at radius 2 is 1.53 bits per heavy atom. The van der Waals surface area contributed by atoms with Crippen LogP contribution < -0.4 is 33.0 Å². The molecule has 8 nitrogen and oxygen atoms in total. The molecule has 0 amide bonds. The van der Waals surface area contributed by atoms with Crippen LogP contribution in [0, 0.1) is 5.82 Å². The van der Waals surface area contributed by atoms with E-state index in [9.17, 15) is 4.39 Å². The Bertz CT molecular complexity index is 845. The van der Waals surface area contributed by atoms with Crippen molar-refractivity contribution >= 4 is 11.9 Å². The molecule has 9 N–H and O–H groups in total. The molecule has 0 unspecified atom stereocenters. The minimum absolute atomic E-state index is 0.0351. The first kappa shape index (κ1) is 23.0. The minimum atomic E-state index is -0.263. The van der Waals surface area contributed by atoms with Crippen molar-refractivity contribution in [1.29, 1.82) is 0 Å². The van der Waals surface area contributed by atoms with Gasteiger partial charge in [0.15, 0.2) is 11.9 Å². The summed E-state index contributed by atoms with van der Waals surface area (Å²) in [5, 5.41) is 3.41. The van der Waals surface area contributed by atoms with E-state index in [1.807, 2.05) is 18.2 Å². The average Bonchev–Trinajstić information content (AvgIpc) is 2.71. The Hall–Kier alpha value is -3.33. The summed E-state index contributed by atoms with van der Waals surface area (Å²) in [7, 11) is 0. The van der Waals surface area contributed by atoms with Gasteiger partial charge in [-0.1, -0.05) is 18.2 Å². The lowest BCUT2D eigenvalue weighted by Gasteiger charge is -2.14. The van der Waals surface area contributed by atoms with Crippen molar-refractivity contribution in [3.05, 3.63) is 53.8 Å². The lowest BCUT2D eigenvalue weighted by Crippen LogP contribution is -2.23. The van der Waals surface area contributed by atoms with Gasteiger partial charge in [0.05, 0.1) is 6.54 Å². The van der Waals surface area contributed by atoms with Gasteiger partial charge in [0.1, 0.15) is 18.2 Å². The molecule has 0 aliphatic rings. The highest BCUT2D eigenvalue weighted by Crippen LogP contribution is 2.27. The number of benzene rings is 2. The van der Waals surface area contributed by atoms with Crippen molar-refractivity contribution in [2.45, 2.75) is 19.4 Å². The third-order valence-electron chi connectivity index (χ3n) is 4.25. The Morgan fingerprint density at radius 3 is 2.23 bits per heavy atom. The van der Waals surface area contributed by atoms with Crippen LogP contribution in [0.2, 0.25) is 0 Å². The predicted octanol–water partition coefficient (Wildman–Crippen LogP) is 1.29. The van der Waals surface area contributed by atoms with E-state index >= 15 is 0 Å². The van der Waals surface area contributed by atoms with Crippen LogP contribution in [0.1, 0.15) is 18.4 Å². The maximum atomic E-state index is 13.2. The lowest BCUT2D eigenvalue weighted by atomic mass is 10.0. The predicted molar refractivity (Wildman–Crippen MR) is 120 cm³/mol. The zero-order valence-corrected chi connectivity index (χ0v) is 17.0. The largest absolute Gasteiger partial charge is 0.491 e. The number of aliphatic imine (C=N–C) groups is 2. The summed E-state index contributed by atoms with van der Waals surface area (Å²) in [5.41, 5.74) is 24.2. The van der Waals surface area contributed by atoms with Gasteiger partial charge in [0, 0.05) is 18.7 Å². The topological polar surface area (TPSA) is 150 Å². The third kappa shape index (κ3) is 8.36. The Morgan fingerprint density at radius 1 is 0.867 bits per heavy atom. The molecular formula is C21H30FN7O. The first-order chi connectivity index (χ1) is 14.5. The van der Waals surface area contributed by atoms with E-state index in [1.54, 1.807) is 12.1 Å². The highest BCUT2D eigenvalue weighted by Gasteiger charge is 2.07. The van der Waals surface area contributed by atoms with Crippen molar-refractivity contribution in [3.63, 3.8) is 0 Å². The number of hydrogen-bond acceptors (Lipinski definition) is 4. The van der Waals surface area contributed by atoms with Crippen LogP contribution in [0.25, 0.3) is 11.1 Å². The molecule has 0 aliphatic heterocycles. The van der Waals surface area contributed by atoms with Gasteiger partial charge in [-0.3, -0.25) is 9.98 Å². The van der Waals surface area contributed by atoms with Gasteiger partial charge in [-0.25, -0.2) is 4.39 Å². The highest BCUT2D eigenvalue weighted by molar-refractivity contribution is 5.75. The summed E-state index contributed by atoms with van der Waals surface area (Å²) >= 11 is 0. The number of halogens is 1. The quantitative estimate of drug-likeness (QED) is 0.200. The molecule has 30 heavy (non-hydrogen) atoms. The summed E-state index contributed by atoms with van der Waals surface area (Å²) in [6.45, 7) is 2.78. The van der Waals surface area contributed by atoms with Gasteiger partial charge in [-0.2, -0.15) is 0 Å². The molecule has 0 atom stereocenters. The molecule has 162 valence electrons. The number of ether oxygens (including phenoxy) is 1. The second kappa shape index (κ2) is 12.3. The summed E-state index contributed by atoms with van der Waals surface area (Å²) in [4.78, 5) is 7.90. The van der Waals surface area contributed by atoms with Gasteiger partial charge in [-0.05, 0) is 54.8 Å². The Balaban J connectivity index is 2.01. The standard InChI is InChI=1S/C21H30FN7O/c22-18-6-3-15(4-7-18)16-5-8-19(30-12-11-29-21(25)26)17(13-16)14-27-9-1-2-10-28-20(23)24/h3-8,13,27H,1-2,9-12,14H2,(H4,23,24,28)(H4,25,26,29). The van der Waals surface area contributed by atoms with Gasteiger partial charge in [-0.15, -0.1) is 0 Å². The molecule has 0 saturated carbocycles. The number of guanidine groups is 2. The smallest absolute Gasteiger partial charge is 0.186 e. The van der Waals surface area contributed by atoms with Gasteiger partial charge in [0.25, 0.3) is 0 Å². The second-order valence-electron chi connectivity index (χ2n) is 6.67. The van der Waals surface area contributed by atoms with Crippen LogP contribution in [0.5, 0.6) is 5.75 Å². The fourth-order valence-electron chi connectivity index (χ4n) is 2.80. The maximum Gasteiger partial charge on any atom is 0.186 e. The molecule has 2 rings (SSSR count). The third-order valence-corrected chi connectivity index (χ3v) is 4.25. The maximum absolute atomic E-state index is 13.2.